The molecule has 10 heteroatoms. The third kappa shape index (κ3) is 3.53. The SMILES string of the molecule is COC(=O)Nc1nc2c(s1)CN(S(=O)(=O)c1ccc(OC)c(C)c1)CC2. The molecule has 0 saturated heterocycles. The number of hydrogen-bond acceptors (Lipinski definition) is 7. The Morgan fingerprint density at radius 1 is 1.35 bits per heavy atom. The van der Waals surface area contributed by atoms with Gasteiger partial charge in [-0.2, -0.15) is 4.31 Å². The molecule has 2 heterocycles. The molecule has 0 radical (unpaired) electrons. The monoisotopic (exact) mass is 397 g/mol. The topological polar surface area (TPSA) is 97.8 Å². The molecule has 1 N–H and O–H groups in total. The fourth-order valence-corrected chi connectivity index (χ4v) is 5.32. The minimum atomic E-state index is -3.63. The predicted octanol–water partition coefficient (Wildman–Crippen LogP) is 2.39. The number of thiazole rings is 1. The summed E-state index contributed by atoms with van der Waals surface area (Å²) < 4.78 is 37.1. The van der Waals surface area contributed by atoms with Crippen molar-refractivity contribution in [2.45, 2.75) is 24.8 Å². The fourth-order valence-electron chi connectivity index (χ4n) is 2.73. The summed E-state index contributed by atoms with van der Waals surface area (Å²) in [5, 5.41) is 2.92. The van der Waals surface area contributed by atoms with Gasteiger partial charge in [-0.05, 0) is 30.7 Å². The number of anilines is 1. The smallest absolute Gasteiger partial charge is 0.413 e. The highest BCUT2D eigenvalue weighted by molar-refractivity contribution is 7.89. The molecule has 8 nitrogen and oxygen atoms in total. The Bertz CT molecular complexity index is 939. The zero-order valence-corrected chi connectivity index (χ0v) is 16.2. The van der Waals surface area contributed by atoms with Crippen molar-refractivity contribution in [2.24, 2.45) is 0 Å². The van der Waals surface area contributed by atoms with Crippen LogP contribution in [-0.4, -0.2) is 44.6 Å². The maximum absolute atomic E-state index is 13.0. The van der Waals surface area contributed by atoms with Crippen molar-refractivity contribution in [1.82, 2.24) is 9.29 Å². The van der Waals surface area contributed by atoms with E-state index >= 15 is 0 Å². The molecule has 3 rings (SSSR count). The van der Waals surface area contributed by atoms with Crippen molar-refractivity contribution < 1.29 is 22.7 Å². The highest BCUT2D eigenvalue weighted by Crippen LogP contribution is 2.32. The number of benzene rings is 1. The Hall–Kier alpha value is -2.17. The zero-order valence-electron chi connectivity index (χ0n) is 14.6. The molecule has 1 aliphatic rings. The Morgan fingerprint density at radius 2 is 2.12 bits per heavy atom. The van der Waals surface area contributed by atoms with E-state index in [4.69, 9.17) is 4.74 Å². The second kappa shape index (κ2) is 7.22. The molecule has 1 amide bonds. The number of methoxy groups -OCH3 is 2. The molecule has 0 spiro atoms. The van der Waals surface area contributed by atoms with Gasteiger partial charge in [-0.15, -0.1) is 0 Å². The Balaban J connectivity index is 1.83. The van der Waals surface area contributed by atoms with E-state index in [2.05, 4.69) is 15.0 Å². The van der Waals surface area contributed by atoms with Crippen molar-refractivity contribution in [2.75, 3.05) is 26.1 Å². The van der Waals surface area contributed by atoms with Crippen LogP contribution in [0.4, 0.5) is 9.93 Å². The third-order valence-electron chi connectivity index (χ3n) is 4.09. The lowest BCUT2D eigenvalue weighted by atomic mass is 10.2. The van der Waals surface area contributed by atoms with E-state index in [1.54, 1.807) is 32.2 Å². The zero-order chi connectivity index (χ0) is 18.9. The Labute approximate surface area is 155 Å². The standard InChI is InChI=1S/C16H19N3O5S2/c1-10-8-11(4-5-13(10)23-2)26(21,22)19-7-6-12-14(9-19)25-15(17-12)18-16(20)24-3/h4-5,8H,6-7,9H2,1-3H3,(H,17,18,20). The molecule has 1 aliphatic heterocycles. The number of fused-ring (bicyclic) bond motifs is 1. The van der Waals surface area contributed by atoms with E-state index in [9.17, 15) is 13.2 Å². The minimum Gasteiger partial charge on any atom is -0.496 e. The molecule has 0 bridgehead atoms. The highest BCUT2D eigenvalue weighted by atomic mass is 32.2. The van der Waals surface area contributed by atoms with Crippen LogP contribution in [0.25, 0.3) is 0 Å². The molecular formula is C16H19N3O5S2. The molecule has 1 aromatic heterocycles. The summed E-state index contributed by atoms with van der Waals surface area (Å²) in [5.74, 6) is 0.644. The first-order valence-corrected chi connectivity index (χ1v) is 10.1. The van der Waals surface area contributed by atoms with Gasteiger partial charge in [0.1, 0.15) is 5.75 Å². The quantitative estimate of drug-likeness (QED) is 0.851. The van der Waals surface area contributed by atoms with Crippen LogP contribution < -0.4 is 10.1 Å². The summed E-state index contributed by atoms with van der Waals surface area (Å²) in [6.45, 7) is 2.37. The molecular weight excluding hydrogens is 378 g/mol. The molecule has 26 heavy (non-hydrogen) atoms. The maximum atomic E-state index is 13.0. The van der Waals surface area contributed by atoms with Gasteiger partial charge >= 0.3 is 6.09 Å². The number of nitrogens with zero attached hydrogens (tertiary/aromatic N) is 2. The van der Waals surface area contributed by atoms with Gasteiger partial charge in [-0.3, -0.25) is 5.32 Å². The highest BCUT2D eigenvalue weighted by Gasteiger charge is 2.31. The number of hydrogen-bond donors (Lipinski definition) is 1. The molecule has 2 aromatic rings. The average Bonchev–Trinajstić information content (AvgIpc) is 3.02. The van der Waals surface area contributed by atoms with Crippen LogP contribution in [0.15, 0.2) is 23.1 Å². The molecule has 0 aliphatic carbocycles. The number of ether oxygens (including phenoxy) is 2. The van der Waals surface area contributed by atoms with Crippen LogP contribution >= 0.6 is 11.3 Å². The average molecular weight is 397 g/mol. The first-order chi connectivity index (χ1) is 12.3. The summed E-state index contributed by atoms with van der Waals surface area (Å²) in [5.41, 5.74) is 1.56. The van der Waals surface area contributed by atoms with Crippen LogP contribution in [0, 0.1) is 6.92 Å². The molecule has 0 atom stereocenters. The molecule has 1 aromatic carbocycles. The first kappa shape index (κ1) is 18.6. The molecule has 0 unspecified atom stereocenters. The largest absolute Gasteiger partial charge is 0.496 e. The number of amides is 1. The summed E-state index contributed by atoms with van der Waals surface area (Å²) in [6.07, 6.45) is -0.113. The lowest BCUT2D eigenvalue weighted by molar-refractivity contribution is 0.187. The normalized spacial score (nSPS) is 14.6. The molecule has 140 valence electrons. The van der Waals surface area contributed by atoms with E-state index in [1.807, 2.05) is 0 Å². The van der Waals surface area contributed by atoms with Crippen LogP contribution in [0.1, 0.15) is 16.1 Å². The van der Waals surface area contributed by atoms with Gasteiger partial charge in [0.25, 0.3) is 0 Å². The number of aromatic nitrogens is 1. The summed E-state index contributed by atoms with van der Waals surface area (Å²) in [7, 11) is -0.806. The Morgan fingerprint density at radius 3 is 2.77 bits per heavy atom. The van der Waals surface area contributed by atoms with Crippen LogP contribution in [0.2, 0.25) is 0 Å². The van der Waals surface area contributed by atoms with Crippen molar-refractivity contribution in [3.63, 3.8) is 0 Å². The van der Waals surface area contributed by atoms with E-state index < -0.39 is 16.1 Å². The lowest BCUT2D eigenvalue weighted by Gasteiger charge is -2.25. The van der Waals surface area contributed by atoms with E-state index in [-0.39, 0.29) is 11.4 Å². The number of aryl methyl sites for hydroxylation is 1. The summed E-state index contributed by atoms with van der Waals surface area (Å²) in [4.78, 5) is 16.7. The minimum absolute atomic E-state index is 0.225. The van der Waals surface area contributed by atoms with Crippen LogP contribution in [0.5, 0.6) is 5.75 Å². The van der Waals surface area contributed by atoms with Crippen molar-refractivity contribution in [3.8, 4) is 5.75 Å². The van der Waals surface area contributed by atoms with Gasteiger partial charge in [-0.25, -0.2) is 18.2 Å². The van der Waals surface area contributed by atoms with Crippen LogP contribution in [-0.2, 0) is 27.7 Å². The van der Waals surface area contributed by atoms with E-state index in [0.29, 0.717) is 23.8 Å². The number of nitrogens with one attached hydrogen (secondary N) is 1. The van der Waals surface area contributed by atoms with Crippen LogP contribution in [0.3, 0.4) is 0 Å². The lowest BCUT2D eigenvalue weighted by Crippen LogP contribution is -2.35. The summed E-state index contributed by atoms with van der Waals surface area (Å²) in [6, 6.07) is 4.82. The second-order valence-electron chi connectivity index (χ2n) is 5.73. The fraction of sp³-hybridized carbons (Fsp3) is 0.375. The van der Waals surface area contributed by atoms with Gasteiger partial charge in [0.05, 0.1) is 31.4 Å². The van der Waals surface area contributed by atoms with Gasteiger partial charge in [0, 0.05) is 17.8 Å². The van der Waals surface area contributed by atoms with Gasteiger partial charge in [0.2, 0.25) is 10.0 Å². The van der Waals surface area contributed by atoms with Crippen molar-refractivity contribution >= 4 is 32.6 Å². The summed E-state index contributed by atoms with van der Waals surface area (Å²) >= 11 is 1.25. The maximum Gasteiger partial charge on any atom is 0.413 e. The van der Waals surface area contributed by atoms with Gasteiger partial charge in [-0.1, -0.05) is 11.3 Å². The van der Waals surface area contributed by atoms with E-state index in [0.717, 1.165) is 16.1 Å². The number of sulfonamides is 1. The van der Waals surface area contributed by atoms with Crippen molar-refractivity contribution in [1.29, 1.82) is 0 Å². The molecule has 0 saturated carbocycles. The molecule has 0 fully saturated rings. The third-order valence-corrected chi connectivity index (χ3v) is 6.93. The predicted molar refractivity (Wildman–Crippen MR) is 97.2 cm³/mol. The first-order valence-electron chi connectivity index (χ1n) is 7.83. The van der Waals surface area contributed by atoms with Gasteiger partial charge in [0.15, 0.2) is 5.13 Å². The number of carbonyl (C=O) groups excluding carboxylic acids is 1. The Kier molecular flexibility index (Phi) is 5.17. The number of carbonyl (C=O) groups is 1. The van der Waals surface area contributed by atoms with Gasteiger partial charge < -0.3 is 9.47 Å². The van der Waals surface area contributed by atoms with Crippen molar-refractivity contribution in [3.05, 3.63) is 34.3 Å². The number of rotatable bonds is 4. The van der Waals surface area contributed by atoms with E-state index in [1.165, 1.54) is 22.8 Å². The second-order valence-corrected chi connectivity index (χ2v) is 8.75.